The minimum atomic E-state index is -2.50. The maximum absolute atomic E-state index is 7.90. The summed E-state index contributed by atoms with van der Waals surface area (Å²) < 4.78 is 33.4. The predicted octanol–water partition coefficient (Wildman–Crippen LogP) is 5.92. The fourth-order valence-corrected chi connectivity index (χ4v) is 13.3. The summed E-state index contributed by atoms with van der Waals surface area (Å²) in [4.78, 5) is 0. The van der Waals surface area contributed by atoms with Gasteiger partial charge in [0, 0.05) is 20.7 Å². The summed E-state index contributed by atoms with van der Waals surface area (Å²) in [7, 11) is -5.01. The van der Waals surface area contributed by atoms with Gasteiger partial charge in [0.1, 0.15) is 23.0 Å². The first-order valence-electron chi connectivity index (χ1n) is 17.6. The molecule has 0 aliphatic heterocycles. The monoisotopic (exact) mass is 670 g/mol. The van der Waals surface area contributed by atoms with Crippen LogP contribution in [0.3, 0.4) is 0 Å². The molecule has 4 aromatic carbocycles. The SMILES string of the molecule is CCOc1ccc(CC)cc1[SiH](O[SiH](c1cc(CC)ccc1OCC)c1cc(CC)ccc1OCC)c1cc(CC)ccc1OCC. The molecule has 0 aliphatic rings. The molecule has 0 saturated carbocycles. The number of aryl methyl sites for hydroxylation is 4. The zero-order valence-electron chi connectivity index (χ0n) is 29.8. The highest BCUT2D eigenvalue weighted by Gasteiger charge is 2.34. The van der Waals surface area contributed by atoms with Crippen LogP contribution in [0.1, 0.15) is 77.6 Å². The van der Waals surface area contributed by atoms with E-state index in [4.69, 9.17) is 23.1 Å². The average molecular weight is 671 g/mol. The molecule has 0 fully saturated rings. The molecule has 5 nitrogen and oxygen atoms in total. The Labute approximate surface area is 286 Å². The van der Waals surface area contributed by atoms with Crippen molar-refractivity contribution in [1.82, 2.24) is 0 Å². The van der Waals surface area contributed by atoms with Gasteiger partial charge in [-0.3, -0.25) is 0 Å². The minimum Gasteiger partial charge on any atom is -0.494 e. The van der Waals surface area contributed by atoms with E-state index in [0.29, 0.717) is 26.4 Å². The second-order valence-electron chi connectivity index (χ2n) is 11.5. The summed E-state index contributed by atoms with van der Waals surface area (Å²) in [6.45, 7) is 19.3. The van der Waals surface area contributed by atoms with Crippen LogP contribution in [0.2, 0.25) is 0 Å². The number of hydrogen-bond acceptors (Lipinski definition) is 5. The van der Waals surface area contributed by atoms with Crippen LogP contribution in [0, 0.1) is 0 Å². The predicted molar refractivity (Wildman–Crippen MR) is 202 cm³/mol. The average Bonchev–Trinajstić information content (AvgIpc) is 3.10. The first-order chi connectivity index (χ1) is 22.9. The van der Waals surface area contributed by atoms with Gasteiger partial charge < -0.3 is 23.1 Å². The molecule has 0 spiro atoms. The van der Waals surface area contributed by atoms with Crippen molar-refractivity contribution < 1.29 is 23.1 Å². The van der Waals surface area contributed by atoms with Crippen LogP contribution in [-0.4, -0.2) is 44.5 Å². The first-order valence-corrected chi connectivity index (χ1v) is 20.9. The van der Waals surface area contributed by atoms with E-state index in [1.807, 2.05) is 27.7 Å². The Hall–Kier alpha value is -3.53. The second-order valence-corrected chi connectivity index (χ2v) is 16.6. The van der Waals surface area contributed by atoms with E-state index in [2.05, 4.69) is 100 Å². The molecule has 0 atom stereocenters. The zero-order chi connectivity index (χ0) is 33.8. The van der Waals surface area contributed by atoms with Crippen LogP contribution in [0.4, 0.5) is 0 Å². The molecule has 7 heteroatoms. The maximum atomic E-state index is 7.90. The molecule has 4 aromatic rings. The highest BCUT2D eigenvalue weighted by molar-refractivity contribution is 6.93. The zero-order valence-corrected chi connectivity index (χ0v) is 32.1. The molecule has 0 aromatic heterocycles. The summed E-state index contributed by atoms with van der Waals surface area (Å²) in [5.74, 6) is 3.55. The molecule has 0 heterocycles. The molecule has 47 heavy (non-hydrogen) atoms. The summed E-state index contributed by atoms with van der Waals surface area (Å²) in [5.41, 5.74) is 5.05. The van der Waals surface area contributed by atoms with Gasteiger partial charge in [0.15, 0.2) is 0 Å². The van der Waals surface area contributed by atoms with Crippen molar-refractivity contribution in [3.05, 3.63) is 95.1 Å². The Bertz CT molecular complexity index is 1360. The number of benzene rings is 4. The Morgan fingerprint density at radius 3 is 0.787 bits per heavy atom. The standard InChI is InChI=1S/C40H54O5Si2/c1-9-29-17-21-33(41-13-5)37(25-29)46(38-26-30(10-2)18-22-34(38)42-14-6)45-47(39-27-31(11-3)19-23-35(39)43-15-7)40-28-32(12-4)20-24-36(40)44-16-8/h17-28,46-47H,9-16H2,1-8H3. The fourth-order valence-electron chi connectivity index (χ4n) is 6.00. The molecule has 0 unspecified atom stereocenters. The van der Waals surface area contributed by atoms with Gasteiger partial charge in [-0.15, -0.1) is 0 Å². The third-order valence-electron chi connectivity index (χ3n) is 8.53. The van der Waals surface area contributed by atoms with Gasteiger partial charge in [-0.25, -0.2) is 0 Å². The smallest absolute Gasteiger partial charge is 0.236 e. The Morgan fingerprint density at radius 2 is 0.596 bits per heavy atom. The van der Waals surface area contributed by atoms with Crippen LogP contribution in [0.15, 0.2) is 72.8 Å². The Kier molecular flexibility index (Phi) is 14.0. The Balaban J connectivity index is 2.10. The minimum absolute atomic E-state index is 0.577. The molecule has 0 saturated heterocycles. The lowest BCUT2D eigenvalue weighted by Crippen LogP contribution is -2.57. The lowest BCUT2D eigenvalue weighted by Gasteiger charge is -2.30. The van der Waals surface area contributed by atoms with Gasteiger partial charge >= 0.3 is 0 Å². The van der Waals surface area contributed by atoms with Gasteiger partial charge in [0.05, 0.1) is 26.4 Å². The van der Waals surface area contributed by atoms with E-state index in [1.54, 1.807) is 0 Å². The summed E-state index contributed by atoms with van der Waals surface area (Å²) in [6.07, 6.45) is 3.70. The van der Waals surface area contributed by atoms with Crippen molar-refractivity contribution in [3.63, 3.8) is 0 Å². The van der Waals surface area contributed by atoms with Crippen molar-refractivity contribution in [2.45, 2.75) is 81.1 Å². The van der Waals surface area contributed by atoms with Crippen molar-refractivity contribution in [3.8, 4) is 23.0 Å². The number of hydrogen-bond donors (Lipinski definition) is 0. The van der Waals surface area contributed by atoms with Crippen LogP contribution < -0.4 is 39.7 Å². The molecular weight excluding hydrogens is 617 g/mol. The molecule has 252 valence electrons. The molecule has 0 aliphatic carbocycles. The van der Waals surface area contributed by atoms with Gasteiger partial charge in [-0.2, -0.15) is 0 Å². The van der Waals surface area contributed by atoms with Crippen molar-refractivity contribution in [2.75, 3.05) is 26.4 Å². The van der Waals surface area contributed by atoms with E-state index in [9.17, 15) is 0 Å². The molecule has 0 bridgehead atoms. The maximum Gasteiger partial charge on any atom is 0.236 e. The summed E-state index contributed by atoms with van der Waals surface area (Å²) in [6, 6.07) is 26.5. The second kappa shape index (κ2) is 18.1. The number of ether oxygens (including phenoxy) is 4. The van der Waals surface area contributed by atoms with E-state index in [1.165, 1.54) is 22.3 Å². The summed E-state index contributed by atoms with van der Waals surface area (Å²) >= 11 is 0. The summed E-state index contributed by atoms with van der Waals surface area (Å²) in [5, 5.41) is 4.58. The van der Waals surface area contributed by atoms with E-state index < -0.39 is 18.1 Å². The lowest BCUT2D eigenvalue weighted by atomic mass is 10.1. The third-order valence-corrected chi connectivity index (χ3v) is 14.8. The largest absolute Gasteiger partial charge is 0.494 e. The van der Waals surface area contributed by atoms with E-state index >= 15 is 0 Å². The van der Waals surface area contributed by atoms with E-state index in [0.717, 1.165) is 69.4 Å². The van der Waals surface area contributed by atoms with Gasteiger partial charge in [0.25, 0.3) is 0 Å². The van der Waals surface area contributed by atoms with Crippen LogP contribution in [0.5, 0.6) is 23.0 Å². The Morgan fingerprint density at radius 1 is 0.362 bits per heavy atom. The number of rotatable bonds is 18. The normalized spacial score (nSPS) is 11.3. The van der Waals surface area contributed by atoms with E-state index in [-0.39, 0.29) is 0 Å². The van der Waals surface area contributed by atoms with Crippen LogP contribution in [-0.2, 0) is 29.8 Å². The van der Waals surface area contributed by atoms with Crippen LogP contribution >= 0.6 is 0 Å². The van der Waals surface area contributed by atoms with Crippen molar-refractivity contribution in [2.24, 2.45) is 0 Å². The first kappa shape index (κ1) is 36.3. The third kappa shape index (κ3) is 8.89. The quantitative estimate of drug-likeness (QED) is 0.123. The highest BCUT2D eigenvalue weighted by atomic mass is 28.4. The molecular formula is C40H54O5Si2. The van der Waals surface area contributed by atoms with Crippen molar-refractivity contribution >= 4 is 38.8 Å². The van der Waals surface area contributed by atoms with Gasteiger partial charge in [-0.05, 0) is 99.9 Å². The van der Waals surface area contributed by atoms with Gasteiger partial charge in [0.2, 0.25) is 18.1 Å². The molecule has 0 radical (unpaired) electrons. The highest BCUT2D eigenvalue weighted by Crippen LogP contribution is 2.22. The fraction of sp³-hybridized carbons (Fsp3) is 0.400. The van der Waals surface area contributed by atoms with Crippen molar-refractivity contribution in [1.29, 1.82) is 0 Å². The van der Waals surface area contributed by atoms with Gasteiger partial charge in [-0.1, -0.05) is 76.2 Å². The van der Waals surface area contributed by atoms with Crippen LogP contribution in [0.25, 0.3) is 0 Å². The molecule has 4 rings (SSSR count). The molecule has 0 amide bonds. The molecule has 0 N–H and O–H groups in total. The lowest BCUT2D eigenvalue weighted by molar-refractivity contribution is 0.340. The topological polar surface area (TPSA) is 46.2 Å².